The highest BCUT2D eigenvalue weighted by molar-refractivity contribution is 5.13. The third kappa shape index (κ3) is 3.16. The van der Waals surface area contributed by atoms with Crippen molar-refractivity contribution in [3.05, 3.63) is 48.0 Å². The molecule has 1 aliphatic rings. The standard InChI is InChI=1S/C14H18O3/c1-16-14-8-7-13(15)12(14)10-17-9-11-5-3-2-4-6-11/h2-8,12-15H,9-10H2,1H3/t12-,13+,14-/m0/s1. The maximum absolute atomic E-state index is 9.74. The molecule has 1 aromatic carbocycles. The SMILES string of the molecule is CO[C@H]1C=C[C@@H](O)[C@@H]1COCc1ccccc1. The number of aliphatic hydroxyl groups excluding tert-OH is 1. The minimum absolute atomic E-state index is 0.00344. The van der Waals surface area contributed by atoms with E-state index in [-0.39, 0.29) is 12.0 Å². The van der Waals surface area contributed by atoms with Crippen LogP contribution in [-0.4, -0.2) is 31.0 Å². The van der Waals surface area contributed by atoms with Crippen LogP contribution in [-0.2, 0) is 16.1 Å². The Balaban J connectivity index is 1.79. The van der Waals surface area contributed by atoms with Crippen LogP contribution in [0.4, 0.5) is 0 Å². The van der Waals surface area contributed by atoms with Crippen molar-refractivity contribution in [1.29, 1.82) is 0 Å². The molecule has 0 fully saturated rings. The van der Waals surface area contributed by atoms with Gasteiger partial charge < -0.3 is 14.6 Å². The Morgan fingerprint density at radius 3 is 2.65 bits per heavy atom. The van der Waals surface area contributed by atoms with Crippen molar-refractivity contribution in [2.24, 2.45) is 5.92 Å². The van der Waals surface area contributed by atoms with E-state index in [9.17, 15) is 5.11 Å². The predicted molar refractivity (Wildman–Crippen MR) is 65.5 cm³/mol. The van der Waals surface area contributed by atoms with Crippen LogP contribution in [0, 0.1) is 5.92 Å². The summed E-state index contributed by atoms with van der Waals surface area (Å²) in [6.45, 7) is 1.07. The Kier molecular flexibility index (Phi) is 4.31. The van der Waals surface area contributed by atoms with E-state index >= 15 is 0 Å². The van der Waals surface area contributed by atoms with E-state index in [4.69, 9.17) is 9.47 Å². The summed E-state index contributed by atoms with van der Waals surface area (Å²) >= 11 is 0. The van der Waals surface area contributed by atoms with Gasteiger partial charge in [0.2, 0.25) is 0 Å². The minimum Gasteiger partial charge on any atom is -0.389 e. The summed E-state index contributed by atoms with van der Waals surface area (Å²) < 4.78 is 10.9. The summed E-state index contributed by atoms with van der Waals surface area (Å²) in [6.07, 6.45) is 3.16. The van der Waals surface area contributed by atoms with E-state index in [2.05, 4.69) is 0 Å². The van der Waals surface area contributed by atoms with Gasteiger partial charge >= 0.3 is 0 Å². The molecule has 0 bridgehead atoms. The second-order valence-electron chi connectivity index (χ2n) is 4.24. The second-order valence-corrected chi connectivity index (χ2v) is 4.24. The fourth-order valence-electron chi connectivity index (χ4n) is 2.04. The summed E-state index contributed by atoms with van der Waals surface area (Å²) in [5.74, 6) is 0.00344. The Morgan fingerprint density at radius 1 is 1.18 bits per heavy atom. The van der Waals surface area contributed by atoms with Crippen LogP contribution in [0.15, 0.2) is 42.5 Å². The first-order valence-electron chi connectivity index (χ1n) is 5.82. The Labute approximate surface area is 102 Å². The van der Waals surface area contributed by atoms with Gasteiger partial charge in [-0.2, -0.15) is 0 Å². The molecule has 0 unspecified atom stereocenters. The first-order valence-corrected chi connectivity index (χ1v) is 5.82. The van der Waals surface area contributed by atoms with E-state index in [1.807, 2.05) is 36.4 Å². The highest BCUT2D eigenvalue weighted by Gasteiger charge is 2.30. The van der Waals surface area contributed by atoms with E-state index in [1.165, 1.54) is 0 Å². The molecular formula is C14H18O3. The van der Waals surface area contributed by atoms with E-state index in [1.54, 1.807) is 13.2 Å². The highest BCUT2D eigenvalue weighted by Crippen LogP contribution is 2.22. The quantitative estimate of drug-likeness (QED) is 0.789. The Bertz CT molecular complexity index is 361. The summed E-state index contributed by atoms with van der Waals surface area (Å²) in [4.78, 5) is 0. The average molecular weight is 234 g/mol. The summed E-state index contributed by atoms with van der Waals surface area (Å²) in [5, 5.41) is 9.74. The zero-order chi connectivity index (χ0) is 12.1. The van der Waals surface area contributed by atoms with Gasteiger partial charge in [0.25, 0.3) is 0 Å². The molecule has 2 rings (SSSR count). The van der Waals surface area contributed by atoms with Gasteiger partial charge in [-0.15, -0.1) is 0 Å². The fraction of sp³-hybridized carbons (Fsp3) is 0.429. The highest BCUT2D eigenvalue weighted by atomic mass is 16.5. The molecule has 0 amide bonds. The van der Waals surface area contributed by atoms with E-state index < -0.39 is 6.10 Å². The van der Waals surface area contributed by atoms with Crippen molar-refractivity contribution in [3.63, 3.8) is 0 Å². The monoisotopic (exact) mass is 234 g/mol. The number of rotatable bonds is 5. The zero-order valence-electron chi connectivity index (χ0n) is 9.95. The maximum atomic E-state index is 9.74. The fourth-order valence-corrected chi connectivity index (χ4v) is 2.04. The first-order chi connectivity index (χ1) is 8.31. The molecule has 0 saturated heterocycles. The van der Waals surface area contributed by atoms with Gasteiger partial charge in [0.05, 0.1) is 25.4 Å². The van der Waals surface area contributed by atoms with Crippen molar-refractivity contribution >= 4 is 0 Å². The van der Waals surface area contributed by atoms with Crippen molar-refractivity contribution in [3.8, 4) is 0 Å². The van der Waals surface area contributed by atoms with E-state index in [0.29, 0.717) is 13.2 Å². The van der Waals surface area contributed by atoms with Crippen LogP contribution < -0.4 is 0 Å². The first kappa shape index (κ1) is 12.3. The van der Waals surface area contributed by atoms with Gasteiger partial charge in [-0.3, -0.25) is 0 Å². The molecule has 0 aromatic heterocycles. The number of aliphatic hydroxyl groups is 1. The lowest BCUT2D eigenvalue weighted by molar-refractivity contribution is -0.0144. The van der Waals surface area contributed by atoms with Crippen LogP contribution in [0.25, 0.3) is 0 Å². The number of methoxy groups -OCH3 is 1. The molecule has 0 radical (unpaired) electrons. The topological polar surface area (TPSA) is 38.7 Å². The van der Waals surface area contributed by atoms with Crippen LogP contribution >= 0.6 is 0 Å². The number of hydrogen-bond acceptors (Lipinski definition) is 3. The molecule has 0 aliphatic heterocycles. The normalized spacial score (nSPS) is 27.5. The van der Waals surface area contributed by atoms with Crippen molar-refractivity contribution in [1.82, 2.24) is 0 Å². The summed E-state index contributed by atoms with van der Waals surface area (Å²) in [5.41, 5.74) is 1.14. The van der Waals surface area contributed by atoms with Crippen molar-refractivity contribution < 1.29 is 14.6 Å². The van der Waals surface area contributed by atoms with Gasteiger partial charge in [0.15, 0.2) is 0 Å². The van der Waals surface area contributed by atoms with Crippen LogP contribution in [0.2, 0.25) is 0 Å². The third-order valence-corrected chi connectivity index (χ3v) is 3.05. The number of hydrogen-bond donors (Lipinski definition) is 1. The molecule has 0 saturated carbocycles. The molecule has 1 aromatic rings. The second kappa shape index (κ2) is 5.96. The lowest BCUT2D eigenvalue weighted by atomic mass is 10.0. The third-order valence-electron chi connectivity index (χ3n) is 3.05. The molecule has 3 nitrogen and oxygen atoms in total. The van der Waals surface area contributed by atoms with Gasteiger partial charge in [-0.05, 0) is 5.56 Å². The molecule has 0 spiro atoms. The number of ether oxygens (including phenoxy) is 2. The summed E-state index contributed by atoms with van der Waals surface area (Å²) in [7, 11) is 1.65. The molecule has 1 aliphatic carbocycles. The molecule has 0 heterocycles. The lowest BCUT2D eigenvalue weighted by Crippen LogP contribution is -2.29. The lowest BCUT2D eigenvalue weighted by Gasteiger charge is -2.21. The average Bonchev–Trinajstić information content (AvgIpc) is 2.72. The van der Waals surface area contributed by atoms with Gasteiger partial charge in [0, 0.05) is 13.0 Å². The van der Waals surface area contributed by atoms with Crippen LogP contribution in [0.5, 0.6) is 0 Å². The molecule has 17 heavy (non-hydrogen) atoms. The summed E-state index contributed by atoms with van der Waals surface area (Å²) in [6, 6.07) is 10.0. The molecule has 1 N–H and O–H groups in total. The predicted octanol–water partition coefficient (Wildman–Crippen LogP) is 1.77. The van der Waals surface area contributed by atoms with Gasteiger partial charge in [-0.25, -0.2) is 0 Å². The van der Waals surface area contributed by atoms with Gasteiger partial charge in [0.1, 0.15) is 0 Å². The zero-order valence-corrected chi connectivity index (χ0v) is 9.95. The molecule has 3 atom stereocenters. The van der Waals surface area contributed by atoms with Gasteiger partial charge in [-0.1, -0.05) is 42.5 Å². The van der Waals surface area contributed by atoms with Crippen molar-refractivity contribution in [2.45, 2.75) is 18.8 Å². The van der Waals surface area contributed by atoms with E-state index in [0.717, 1.165) is 5.56 Å². The van der Waals surface area contributed by atoms with Crippen LogP contribution in [0.3, 0.4) is 0 Å². The Morgan fingerprint density at radius 2 is 1.94 bits per heavy atom. The largest absolute Gasteiger partial charge is 0.389 e. The number of benzene rings is 1. The minimum atomic E-state index is -0.462. The van der Waals surface area contributed by atoms with Crippen molar-refractivity contribution in [2.75, 3.05) is 13.7 Å². The Hall–Kier alpha value is -1.16. The molecule has 92 valence electrons. The maximum Gasteiger partial charge on any atom is 0.0831 e. The molecule has 3 heteroatoms. The van der Waals surface area contributed by atoms with Crippen LogP contribution in [0.1, 0.15) is 5.56 Å². The smallest absolute Gasteiger partial charge is 0.0831 e. The molecular weight excluding hydrogens is 216 g/mol.